The van der Waals surface area contributed by atoms with Gasteiger partial charge in [0.15, 0.2) is 5.69 Å². The predicted octanol–water partition coefficient (Wildman–Crippen LogP) is 5.60. The lowest BCUT2D eigenvalue weighted by molar-refractivity contribution is 1.12. The molecule has 0 aliphatic rings. The zero-order valence-corrected chi connectivity index (χ0v) is 14.4. The van der Waals surface area contributed by atoms with Gasteiger partial charge in [0.05, 0.1) is 29.9 Å². The van der Waals surface area contributed by atoms with Crippen LogP contribution >= 0.6 is 0 Å². The normalized spacial score (nSPS) is 10.5. The van der Waals surface area contributed by atoms with Crippen LogP contribution in [0.3, 0.4) is 0 Å². The number of hydrogen-bond acceptors (Lipinski definition) is 2. The van der Waals surface area contributed by atoms with Crippen LogP contribution in [0.5, 0.6) is 0 Å². The molecule has 2 aromatic carbocycles. The molecule has 0 unspecified atom stereocenters. The van der Waals surface area contributed by atoms with Gasteiger partial charge >= 0.3 is 0 Å². The summed E-state index contributed by atoms with van der Waals surface area (Å²) >= 11 is 0. The van der Waals surface area contributed by atoms with Crippen LogP contribution in [0.4, 0.5) is 5.69 Å². The van der Waals surface area contributed by atoms with E-state index in [1.54, 1.807) is 6.20 Å². The molecule has 0 aliphatic heterocycles. The first-order valence-corrected chi connectivity index (χ1v) is 7.89. The van der Waals surface area contributed by atoms with Gasteiger partial charge in [-0.05, 0) is 51.0 Å². The molecule has 0 aliphatic carbocycles. The first-order chi connectivity index (χ1) is 11.5. The number of rotatable bonds is 2. The van der Waals surface area contributed by atoms with Crippen LogP contribution in [0.2, 0.25) is 0 Å². The summed E-state index contributed by atoms with van der Waals surface area (Å²) in [6, 6.07) is 12.1. The smallest absolute Gasteiger partial charge is 0.190 e. The van der Waals surface area contributed by atoms with Gasteiger partial charge in [0.25, 0.3) is 0 Å². The van der Waals surface area contributed by atoms with E-state index >= 15 is 0 Å². The molecule has 0 saturated carbocycles. The Balaban J connectivity index is 2.10. The zero-order valence-electron chi connectivity index (χ0n) is 14.4. The standard InChI is InChI=1S/C21H19N3/c1-13-9-14(2)11-17(10-13)21-16(4)24-20(12-23-21)18-7-6-8-19(22-5)15(18)3/h6-12H,1-4H3. The molecule has 3 nitrogen and oxygen atoms in total. The topological polar surface area (TPSA) is 30.1 Å². The fraction of sp³-hybridized carbons (Fsp3) is 0.190. The second kappa shape index (κ2) is 6.25. The number of aromatic nitrogens is 2. The van der Waals surface area contributed by atoms with Gasteiger partial charge in [0, 0.05) is 5.56 Å². The third kappa shape index (κ3) is 2.91. The average molecular weight is 313 g/mol. The van der Waals surface area contributed by atoms with E-state index in [0.29, 0.717) is 5.69 Å². The van der Waals surface area contributed by atoms with Crippen molar-refractivity contribution in [2.45, 2.75) is 27.7 Å². The molecule has 3 aromatic rings. The Hall–Kier alpha value is -2.99. The molecular weight excluding hydrogens is 294 g/mol. The first-order valence-electron chi connectivity index (χ1n) is 7.89. The Bertz CT molecular complexity index is 945. The van der Waals surface area contributed by atoms with Crippen LogP contribution in [0.1, 0.15) is 22.4 Å². The molecule has 118 valence electrons. The first kappa shape index (κ1) is 15.9. The molecule has 1 aromatic heterocycles. The van der Waals surface area contributed by atoms with E-state index in [0.717, 1.165) is 33.8 Å². The summed E-state index contributed by atoms with van der Waals surface area (Å²) < 4.78 is 0. The van der Waals surface area contributed by atoms with Crippen LogP contribution in [0, 0.1) is 34.3 Å². The van der Waals surface area contributed by atoms with Gasteiger partial charge < -0.3 is 0 Å². The van der Waals surface area contributed by atoms with Gasteiger partial charge in [-0.3, -0.25) is 4.98 Å². The molecule has 24 heavy (non-hydrogen) atoms. The summed E-state index contributed by atoms with van der Waals surface area (Å²) in [5, 5.41) is 0. The Morgan fingerprint density at radius 1 is 0.958 bits per heavy atom. The van der Waals surface area contributed by atoms with Gasteiger partial charge in [-0.25, -0.2) is 9.83 Å². The largest absolute Gasteiger partial charge is 0.252 e. The van der Waals surface area contributed by atoms with E-state index in [-0.39, 0.29) is 0 Å². The molecular formula is C21H19N3. The van der Waals surface area contributed by atoms with E-state index in [4.69, 9.17) is 11.6 Å². The highest BCUT2D eigenvalue weighted by Gasteiger charge is 2.11. The van der Waals surface area contributed by atoms with Crippen LogP contribution in [0.15, 0.2) is 42.6 Å². The van der Waals surface area contributed by atoms with Crippen molar-refractivity contribution in [1.29, 1.82) is 0 Å². The van der Waals surface area contributed by atoms with Crippen molar-refractivity contribution in [2.75, 3.05) is 0 Å². The third-order valence-corrected chi connectivity index (χ3v) is 4.14. The van der Waals surface area contributed by atoms with E-state index in [2.05, 4.69) is 41.9 Å². The Morgan fingerprint density at radius 2 is 1.67 bits per heavy atom. The van der Waals surface area contributed by atoms with E-state index in [1.807, 2.05) is 32.0 Å². The maximum Gasteiger partial charge on any atom is 0.190 e. The fourth-order valence-electron chi connectivity index (χ4n) is 3.03. The lowest BCUT2D eigenvalue weighted by atomic mass is 10.0. The Labute approximate surface area is 142 Å². The van der Waals surface area contributed by atoms with Crippen molar-refractivity contribution >= 4 is 5.69 Å². The summed E-state index contributed by atoms with van der Waals surface area (Å²) in [6.07, 6.45) is 1.80. The molecule has 3 heteroatoms. The molecule has 0 radical (unpaired) electrons. The van der Waals surface area contributed by atoms with Crippen LogP contribution in [0.25, 0.3) is 27.4 Å². The molecule has 0 saturated heterocycles. The SMILES string of the molecule is [C-]#[N+]c1cccc(-c2cnc(-c3cc(C)cc(C)c3)c(C)n2)c1C. The highest BCUT2D eigenvalue weighted by Crippen LogP contribution is 2.30. The third-order valence-electron chi connectivity index (χ3n) is 4.14. The summed E-state index contributed by atoms with van der Waals surface area (Å²) in [5.74, 6) is 0. The molecule has 0 spiro atoms. The number of aryl methyl sites for hydroxylation is 3. The van der Waals surface area contributed by atoms with Crippen molar-refractivity contribution in [3.05, 3.63) is 76.4 Å². The predicted molar refractivity (Wildman–Crippen MR) is 98.1 cm³/mol. The maximum absolute atomic E-state index is 7.26. The fourth-order valence-corrected chi connectivity index (χ4v) is 3.03. The van der Waals surface area contributed by atoms with Crippen molar-refractivity contribution in [3.8, 4) is 22.5 Å². The van der Waals surface area contributed by atoms with Crippen LogP contribution in [-0.4, -0.2) is 9.97 Å². The maximum atomic E-state index is 7.26. The molecule has 3 rings (SSSR count). The Morgan fingerprint density at radius 3 is 2.29 bits per heavy atom. The van der Waals surface area contributed by atoms with Gasteiger partial charge in [0.1, 0.15) is 0 Å². The molecule has 0 atom stereocenters. The second-order valence-electron chi connectivity index (χ2n) is 6.13. The summed E-state index contributed by atoms with van der Waals surface area (Å²) in [7, 11) is 0. The van der Waals surface area contributed by atoms with Gasteiger partial charge in [-0.2, -0.15) is 0 Å². The van der Waals surface area contributed by atoms with Crippen molar-refractivity contribution < 1.29 is 0 Å². The van der Waals surface area contributed by atoms with Crippen molar-refractivity contribution in [2.24, 2.45) is 0 Å². The lowest BCUT2D eigenvalue weighted by Crippen LogP contribution is -1.97. The number of hydrogen-bond donors (Lipinski definition) is 0. The van der Waals surface area contributed by atoms with Gasteiger partial charge in [0.2, 0.25) is 0 Å². The number of nitrogens with zero attached hydrogens (tertiary/aromatic N) is 3. The molecule has 0 N–H and O–H groups in total. The zero-order chi connectivity index (χ0) is 17.3. The second-order valence-corrected chi connectivity index (χ2v) is 6.13. The van der Waals surface area contributed by atoms with Crippen molar-refractivity contribution in [3.63, 3.8) is 0 Å². The van der Waals surface area contributed by atoms with Crippen molar-refractivity contribution in [1.82, 2.24) is 9.97 Å². The van der Waals surface area contributed by atoms with Gasteiger partial charge in [-0.1, -0.05) is 35.4 Å². The monoisotopic (exact) mass is 313 g/mol. The molecule has 1 heterocycles. The van der Waals surface area contributed by atoms with E-state index in [9.17, 15) is 0 Å². The van der Waals surface area contributed by atoms with E-state index < -0.39 is 0 Å². The minimum atomic E-state index is 0.658. The highest BCUT2D eigenvalue weighted by atomic mass is 14.8. The summed E-state index contributed by atoms with van der Waals surface area (Å²) in [4.78, 5) is 13.0. The molecule has 0 fully saturated rings. The minimum Gasteiger partial charge on any atom is -0.252 e. The Kier molecular flexibility index (Phi) is 4.14. The van der Waals surface area contributed by atoms with E-state index in [1.165, 1.54) is 11.1 Å². The highest BCUT2D eigenvalue weighted by molar-refractivity contribution is 5.73. The molecule has 0 bridgehead atoms. The average Bonchev–Trinajstić information content (AvgIpc) is 2.54. The van der Waals surface area contributed by atoms with Crippen LogP contribution < -0.4 is 0 Å². The number of benzene rings is 2. The minimum absolute atomic E-state index is 0.658. The summed E-state index contributed by atoms with van der Waals surface area (Å²) in [5.41, 5.74) is 8.71. The lowest BCUT2D eigenvalue weighted by Gasteiger charge is -2.11. The van der Waals surface area contributed by atoms with Gasteiger partial charge in [-0.15, -0.1) is 0 Å². The quantitative estimate of drug-likeness (QED) is 0.577. The molecule has 0 amide bonds. The summed E-state index contributed by atoms with van der Waals surface area (Å²) in [6.45, 7) is 15.4. The van der Waals surface area contributed by atoms with Crippen LogP contribution in [-0.2, 0) is 0 Å².